The molecule has 0 spiro atoms. The molecule has 0 radical (unpaired) electrons. The quantitative estimate of drug-likeness (QED) is 0.668. The third kappa shape index (κ3) is 4.20. The Morgan fingerprint density at radius 3 is 2.73 bits per heavy atom. The molecular formula is C25H31N3O2. The number of hydrogen-bond donors (Lipinski definition) is 1. The van der Waals surface area contributed by atoms with Gasteiger partial charge in [0.1, 0.15) is 5.75 Å². The van der Waals surface area contributed by atoms with Gasteiger partial charge in [0, 0.05) is 25.5 Å². The fourth-order valence-electron chi connectivity index (χ4n) is 4.31. The van der Waals surface area contributed by atoms with Crippen LogP contribution in [0, 0.1) is 6.92 Å². The van der Waals surface area contributed by atoms with Crippen molar-refractivity contribution >= 4 is 16.9 Å². The van der Waals surface area contributed by atoms with Gasteiger partial charge in [-0.15, -0.1) is 0 Å². The van der Waals surface area contributed by atoms with Gasteiger partial charge in [0.25, 0.3) is 5.91 Å². The van der Waals surface area contributed by atoms with Gasteiger partial charge in [0.05, 0.1) is 11.0 Å². The maximum Gasteiger partial charge on any atom is 0.260 e. The van der Waals surface area contributed by atoms with E-state index in [4.69, 9.17) is 4.74 Å². The number of H-pyrrole nitrogens is 1. The highest BCUT2D eigenvalue weighted by Crippen LogP contribution is 2.33. The molecule has 1 saturated heterocycles. The molecule has 0 atom stereocenters. The Labute approximate surface area is 178 Å². The Balaban J connectivity index is 1.36. The number of carbonyl (C=O) groups excluding carboxylic acids is 1. The second-order valence-corrected chi connectivity index (χ2v) is 9.34. The van der Waals surface area contributed by atoms with Gasteiger partial charge in [-0.1, -0.05) is 38.5 Å². The summed E-state index contributed by atoms with van der Waals surface area (Å²) in [5.41, 5.74) is 5.71. The Morgan fingerprint density at radius 1 is 1.23 bits per heavy atom. The van der Waals surface area contributed by atoms with Crippen LogP contribution in [0.15, 0.2) is 42.7 Å². The molecule has 30 heavy (non-hydrogen) atoms. The van der Waals surface area contributed by atoms with Gasteiger partial charge in [-0.05, 0) is 60.4 Å². The van der Waals surface area contributed by atoms with E-state index < -0.39 is 0 Å². The lowest BCUT2D eigenvalue weighted by molar-refractivity contribution is -0.134. The zero-order chi connectivity index (χ0) is 21.3. The number of ether oxygens (including phenoxy) is 1. The molecule has 5 heteroatoms. The van der Waals surface area contributed by atoms with Crippen molar-refractivity contribution in [3.63, 3.8) is 0 Å². The molecule has 0 aliphatic carbocycles. The monoisotopic (exact) mass is 405 g/mol. The van der Waals surface area contributed by atoms with Crippen molar-refractivity contribution in [2.75, 3.05) is 19.7 Å². The zero-order valence-corrected chi connectivity index (χ0v) is 18.4. The first-order valence-electron chi connectivity index (χ1n) is 10.8. The van der Waals surface area contributed by atoms with E-state index in [1.54, 1.807) is 0 Å². The van der Waals surface area contributed by atoms with Crippen molar-refractivity contribution < 1.29 is 9.53 Å². The number of pyridine rings is 1. The second kappa shape index (κ2) is 8.13. The van der Waals surface area contributed by atoms with Crippen LogP contribution in [0.2, 0.25) is 0 Å². The average Bonchev–Trinajstić information content (AvgIpc) is 3.16. The number of aromatic amines is 1. The first-order valence-corrected chi connectivity index (χ1v) is 10.8. The van der Waals surface area contributed by atoms with Crippen LogP contribution in [0.3, 0.4) is 0 Å². The highest BCUT2D eigenvalue weighted by Gasteiger charge is 2.26. The number of rotatable bonds is 4. The van der Waals surface area contributed by atoms with Crippen LogP contribution < -0.4 is 4.74 Å². The van der Waals surface area contributed by atoms with E-state index in [9.17, 15) is 4.79 Å². The number of nitrogens with one attached hydrogen (secondary N) is 1. The number of carbonyl (C=O) groups is 1. The number of aromatic nitrogens is 2. The van der Waals surface area contributed by atoms with Crippen LogP contribution in [-0.4, -0.2) is 40.5 Å². The number of fused-ring (bicyclic) bond motifs is 1. The van der Waals surface area contributed by atoms with E-state index in [1.165, 1.54) is 11.1 Å². The summed E-state index contributed by atoms with van der Waals surface area (Å²) in [6.45, 7) is 10.2. The predicted molar refractivity (Wildman–Crippen MR) is 120 cm³/mol. The van der Waals surface area contributed by atoms with Gasteiger partial charge >= 0.3 is 0 Å². The molecule has 1 aliphatic rings. The molecule has 0 unspecified atom stereocenters. The lowest BCUT2D eigenvalue weighted by atomic mass is 9.85. The van der Waals surface area contributed by atoms with Crippen LogP contribution in [0.5, 0.6) is 5.75 Å². The topological polar surface area (TPSA) is 58.2 Å². The fourth-order valence-corrected chi connectivity index (χ4v) is 4.31. The van der Waals surface area contributed by atoms with E-state index in [0.717, 1.165) is 48.3 Å². The molecule has 1 aromatic carbocycles. The molecule has 2 aromatic heterocycles. The van der Waals surface area contributed by atoms with Gasteiger partial charge in [-0.25, -0.2) is 0 Å². The summed E-state index contributed by atoms with van der Waals surface area (Å²) in [5.74, 6) is 1.30. The van der Waals surface area contributed by atoms with Crippen molar-refractivity contribution in [2.24, 2.45) is 0 Å². The largest absolute Gasteiger partial charge is 0.483 e. The number of aryl methyl sites for hydroxylation is 1. The Morgan fingerprint density at radius 2 is 2.00 bits per heavy atom. The Kier molecular flexibility index (Phi) is 5.54. The summed E-state index contributed by atoms with van der Waals surface area (Å²) in [4.78, 5) is 22.6. The maximum absolute atomic E-state index is 12.8. The van der Waals surface area contributed by atoms with E-state index in [-0.39, 0.29) is 17.9 Å². The van der Waals surface area contributed by atoms with Gasteiger partial charge in [0.2, 0.25) is 0 Å². The minimum absolute atomic E-state index is 0.0316. The number of piperidine rings is 1. The molecule has 1 N–H and O–H groups in total. The van der Waals surface area contributed by atoms with Crippen molar-refractivity contribution in [3.05, 3.63) is 59.4 Å². The highest BCUT2D eigenvalue weighted by molar-refractivity contribution is 5.80. The lowest BCUT2D eigenvalue weighted by Gasteiger charge is -2.32. The first-order chi connectivity index (χ1) is 14.3. The summed E-state index contributed by atoms with van der Waals surface area (Å²) in [7, 11) is 0. The number of likely N-dealkylation sites (tertiary alicyclic amines) is 1. The number of benzene rings is 1. The minimum Gasteiger partial charge on any atom is -0.483 e. The normalized spacial score (nSPS) is 15.5. The predicted octanol–water partition coefficient (Wildman–Crippen LogP) is 4.95. The minimum atomic E-state index is -0.0316. The van der Waals surface area contributed by atoms with Crippen molar-refractivity contribution in [2.45, 2.75) is 51.9 Å². The van der Waals surface area contributed by atoms with Crippen molar-refractivity contribution in [3.8, 4) is 5.75 Å². The van der Waals surface area contributed by atoms with Crippen LogP contribution >= 0.6 is 0 Å². The number of nitrogens with zero attached hydrogens (tertiary/aromatic N) is 2. The van der Waals surface area contributed by atoms with Gasteiger partial charge < -0.3 is 14.6 Å². The van der Waals surface area contributed by atoms with E-state index in [0.29, 0.717) is 5.92 Å². The standard InChI is InChI=1S/C25H31N3O2/c1-17-7-8-22(20(14-17)25(2,3)4)30-16-23(29)28-12-9-18(10-13-28)19-15-27-21-6-5-11-26-24(19)21/h5-8,11,14-15,18,27H,9-10,12-13,16H2,1-4H3. The first kappa shape index (κ1) is 20.5. The third-order valence-electron chi connectivity index (χ3n) is 6.05. The Hall–Kier alpha value is -2.82. The number of amides is 1. The maximum atomic E-state index is 12.8. The van der Waals surface area contributed by atoms with E-state index in [1.807, 2.05) is 29.3 Å². The molecule has 5 nitrogen and oxygen atoms in total. The highest BCUT2D eigenvalue weighted by atomic mass is 16.5. The molecule has 3 heterocycles. The molecule has 0 saturated carbocycles. The van der Waals surface area contributed by atoms with E-state index in [2.05, 4.69) is 56.0 Å². The number of hydrogen-bond acceptors (Lipinski definition) is 3. The summed E-state index contributed by atoms with van der Waals surface area (Å²) < 4.78 is 5.98. The van der Waals surface area contributed by atoms with Crippen LogP contribution in [-0.2, 0) is 10.2 Å². The molecule has 1 fully saturated rings. The molecule has 1 amide bonds. The SMILES string of the molecule is Cc1ccc(OCC(=O)N2CCC(c3c[nH]c4cccnc34)CC2)c(C(C)(C)C)c1. The van der Waals surface area contributed by atoms with Crippen LogP contribution in [0.25, 0.3) is 11.0 Å². The molecule has 0 bridgehead atoms. The Bertz CT molecular complexity index is 1040. The zero-order valence-electron chi connectivity index (χ0n) is 18.4. The summed E-state index contributed by atoms with van der Waals surface area (Å²) in [5, 5.41) is 0. The average molecular weight is 406 g/mol. The fraction of sp³-hybridized carbons (Fsp3) is 0.440. The summed E-state index contributed by atoms with van der Waals surface area (Å²) in [6.07, 6.45) is 5.82. The van der Waals surface area contributed by atoms with Crippen molar-refractivity contribution in [1.82, 2.24) is 14.9 Å². The van der Waals surface area contributed by atoms with Gasteiger partial charge in [0.15, 0.2) is 6.61 Å². The van der Waals surface area contributed by atoms with Gasteiger partial charge in [-0.2, -0.15) is 0 Å². The molecule has 158 valence electrons. The third-order valence-corrected chi connectivity index (χ3v) is 6.05. The van der Waals surface area contributed by atoms with E-state index >= 15 is 0 Å². The smallest absolute Gasteiger partial charge is 0.260 e. The lowest BCUT2D eigenvalue weighted by Crippen LogP contribution is -2.40. The summed E-state index contributed by atoms with van der Waals surface area (Å²) in [6, 6.07) is 10.2. The van der Waals surface area contributed by atoms with Crippen LogP contribution in [0.4, 0.5) is 0 Å². The molecule has 1 aliphatic heterocycles. The molecular weight excluding hydrogens is 374 g/mol. The summed E-state index contributed by atoms with van der Waals surface area (Å²) >= 11 is 0. The van der Waals surface area contributed by atoms with Gasteiger partial charge in [-0.3, -0.25) is 9.78 Å². The van der Waals surface area contributed by atoms with Crippen molar-refractivity contribution in [1.29, 1.82) is 0 Å². The second-order valence-electron chi connectivity index (χ2n) is 9.34. The molecule has 4 rings (SSSR count). The molecule has 3 aromatic rings. The van der Waals surface area contributed by atoms with Crippen LogP contribution in [0.1, 0.15) is 56.2 Å².